The van der Waals surface area contributed by atoms with Gasteiger partial charge in [0.05, 0.1) is 5.69 Å². The maximum absolute atomic E-state index is 11.8. The zero-order valence-electron chi connectivity index (χ0n) is 13.0. The van der Waals surface area contributed by atoms with E-state index in [4.69, 9.17) is 0 Å². The Morgan fingerprint density at radius 3 is 2.77 bits per heavy atom. The van der Waals surface area contributed by atoms with Crippen LogP contribution in [-0.2, 0) is 4.79 Å². The molecular formula is C18H19N3O. The summed E-state index contributed by atoms with van der Waals surface area (Å²) >= 11 is 0. The van der Waals surface area contributed by atoms with Crippen molar-refractivity contribution in [1.29, 1.82) is 0 Å². The Balaban J connectivity index is 1.94. The second-order valence-corrected chi connectivity index (χ2v) is 5.82. The highest BCUT2D eigenvalue weighted by molar-refractivity contribution is 5.92. The molecule has 0 spiro atoms. The van der Waals surface area contributed by atoms with E-state index in [9.17, 15) is 4.79 Å². The zero-order chi connectivity index (χ0) is 15.7. The van der Waals surface area contributed by atoms with Crippen molar-refractivity contribution in [3.05, 3.63) is 54.4 Å². The highest BCUT2D eigenvalue weighted by Crippen LogP contribution is 2.23. The van der Waals surface area contributed by atoms with Gasteiger partial charge in [0.2, 0.25) is 5.91 Å². The molecule has 3 aromatic rings. The summed E-state index contributed by atoms with van der Waals surface area (Å²) in [5.74, 6) is -0.0235. The summed E-state index contributed by atoms with van der Waals surface area (Å²) in [4.78, 5) is 16.4. The van der Waals surface area contributed by atoms with Crippen LogP contribution >= 0.6 is 0 Å². The topological polar surface area (TPSA) is 46.4 Å². The van der Waals surface area contributed by atoms with E-state index in [2.05, 4.69) is 23.4 Å². The van der Waals surface area contributed by atoms with Crippen molar-refractivity contribution in [3.63, 3.8) is 0 Å². The normalized spacial score (nSPS) is 11.1. The van der Waals surface area contributed by atoms with E-state index in [1.165, 1.54) is 5.56 Å². The fourth-order valence-electron chi connectivity index (χ4n) is 2.28. The highest BCUT2D eigenvalue weighted by Gasteiger charge is 2.09. The van der Waals surface area contributed by atoms with E-state index >= 15 is 0 Å². The van der Waals surface area contributed by atoms with Gasteiger partial charge in [0.25, 0.3) is 0 Å². The summed E-state index contributed by atoms with van der Waals surface area (Å²) in [7, 11) is 0. The summed E-state index contributed by atoms with van der Waals surface area (Å²) < 4.78 is 2.02. The van der Waals surface area contributed by atoms with Crippen LogP contribution in [0.5, 0.6) is 0 Å². The number of carbonyl (C=O) groups excluding carboxylic acids is 1. The van der Waals surface area contributed by atoms with Gasteiger partial charge >= 0.3 is 0 Å². The lowest BCUT2D eigenvalue weighted by Crippen LogP contribution is -2.17. The molecule has 22 heavy (non-hydrogen) atoms. The Morgan fingerprint density at radius 2 is 2.00 bits per heavy atom. The van der Waals surface area contributed by atoms with Crippen molar-refractivity contribution in [3.8, 4) is 11.3 Å². The molecule has 2 heterocycles. The van der Waals surface area contributed by atoms with Crippen LogP contribution in [0.2, 0.25) is 0 Å². The third-order valence-corrected chi connectivity index (χ3v) is 3.55. The minimum Gasteiger partial charge on any atom is -0.326 e. The number of pyridine rings is 1. The van der Waals surface area contributed by atoms with Gasteiger partial charge in [-0.25, -0.2) is 4.98 Å². The molecule has 0 aliphatic carbocycles. The molecule has 4 heteroatoms. The van der Waals surface area contributed by atoms with Crippen LogP contribution in [0.3, 0.4) is 0 Å². The van der Waals surface area contributed by atoms with Gasteiger partial charge in [-0.2, -0.15) is 0 Å². The largest absolute Gasteiger partial charge is 0.326 e. The smallest absolute Gasteiger partial charge is 0.226 e. The molecule has 0 aliphatic rings. The van der Waals surface area contributed by atoms with E-state index in [1.54, 1.807) is 0 Å². The third kappa shape index (κ3) is 2.86. The molecule has 112 valence electrons. The second kappa shape index (κ2) is 5.64. The number of aryl methyl sites for hydroxylation is 1. The number of hydrogen-bond acceptors (Lipinski definition) is 2. The average Bonchev–Trinajstić information content (AvgIpc) is 2.90. The maximum atomic E-state index is 11.8. The number of amides is 1. The van der Waals surface area contributed by atoms with Gasteiger partial charge in [0.15, 0.2) is 0 Å². The van der Waals surface area contributed by atoms with E-state index in [-0.39, 0.29) is 11.8 Å². The van der Waals surface area contributed by atoms with Gasteiger partial charge in [0.1, 0.15) is 5.65 Å². The summed E-state index contributed by atoms with van der Waals surface area (Å²) in [6.07, 6.45) is 4.06. The first-order chi connectivity index (χ1) is 10.5. The van der Waals surface area contributed by atoms with E-state index in [0.29, 0.717) is 0 Å². The zero-order valence-corrected chi connectivity index (χ0v) is 13.0. The first kappa shape index (κ1) is 14.3. The number of aromatic nitrogens is 2. The van der Waals surface area contributed by atoms with Crippen LogP contribution in [0.25, 0.3) is 16.9 Å². The molecule has 0 saturated carbocycles. The lowest BCUT2D eigenvalue weighted by Gasteiger charge is -2.08. The van der Waals surface area contributed by atoms with Gasteiger partial charge in [-0.1, -0.05) is 32.0 Å². The Bertz CT molecular complexity index is 833. The molecular weight excluding hydrogens is 274 g/mol. The fraction of sp³-hybridized carbons (Fsp3) is 0.222. The van der Waals surface area contributed by atoms with E-state index in [1.807, 2.05) is 60.8 Å². The van der Waals surface area contributed by atoms with Crippen LogP contribution in [0, 0.1) is 12.8 Å². The Hall–Kier alpha value is -2.62. The predicted octanol–water partition coefficient (Wildman–Crippen LogP) is 3.90. The van der Waals surface area contributed by atoms with Crippen molar-refractivity contribution < 1.29 is 4.79 Å². The number of nitrogens with zero attached hydrogens (tertiary/aromatic N) is 2. The highest BCUT2D eigenvalue weighted by atomic mass is 16.1. The molecule has 1 amide bonds. The third-order valence-electron chi connectivity index (χ3n) is 3.55. The van der Waals surface area contributed by atoms with Crippen molar-refractivity contribution in [2.75, 3.05) is 5.32 Å². The van der Waals surface area contributed by atoms with Crippen molar-refractivity contribution in [1.82, 2.24) is 9.38 Å². The minimum atomic E-state index is -0.0400. The summed E-state index contributed by atoms with van der Waals surface area (Å²) in [5, 5.41) is 2.92. The summed E-state index contributed by atoms with van der Waals surface area (Å²) in [6.45, 7) is 5.81. The Morgan fingerprint density at radius 1 is 1.18 bits per heavy atom. The number of anilines is 1. The van der Waals surface area contributed by atoms with Crippen LogP contribution in [0.4, 0.5) is 5.69 Å². The lowest BCUT2D eigenvalue weighted by molar-refractivity contribution is -0.118. The average molecular weight is 293 g/mol. The number of rotatable bonds is 3. The van der Waals surface area contributed by atoms with E-state index in [0.717, 1.165) is 22.6 Å². The number of carbonyl (C=O) groups is 1. The minimum absolute atomic E-state index is 0.0165. The lowest BCUT2D eigenvalue weighted by atomic mass is 10.1. The first-order valence-corrected chi connectivity index (χ1v) is 7.39. The summed E-state index contributed by atoms with van der Waals surface area (Å²) in [6, 6.07) is 11.8. The van der Waals surface area contributed by atoms with Crippen LogP contribution in [-0.4, -0.2) is 15.3 Å². The molecule has 1 N–H and O–H groups in total. The molecule has 3 rings (SSSR count). The predicted molar refractivity (Wildman–Crippen MR) is 88.8 cm³/mol. The van der Waals surface area contributed by atoms with Gasteiger partial charge in [-0.05, 0) is 30.7 Å². The molecule has 0 aliphatic heterocycles. The molecule has 0 bridgehead atoms. The molecule has 0 atom stereocenters. The maximum Gasteiger partial charge on any atom is 0.226 e. The number of imidazole rings is 1. The molecule has 4 nitrogen and oxygen atoms in total. The number of benzene rings is 1. The van der Waals surface area contributed by atoms with Gasteiger partial charge in [-0.3, -0.25) is 4.79 Å². The first-order valence-electron chi connectivity index (χ1n) is 7.39. The molecule has 0 saturated heterocycles. The van der Waals surface area contributed by atoms with Crippen molar-refractivity contribution >= 4 is 17.2 Å². The monoisotopic (exact) mass is 293 g/mol. The Kier molecular flexibility index (Phi) is 3.67. The van der Waals surface area contributed by atoms with Crippen LogP contribution in [0.1, 0.15) is 19.4 Å². The molecule has 0 radical (unpaired) electrons. The SMILES string of the molecule is Cc1ccc2nc(-c3cccc(NC(=O)C(C)C)c3)cn2c1. The van der Waals surface area contributed by atoms with Crippen molar-refractivity contribution in [2.24, 2.45) is 5.92 Å². The van der Waals surface area contributed by atoms with Gasteiger partial charge < -0.3 is 9.72 Å². The van der Waals surface area contributed by atoms with E-state index < -0.39 is 0 Å². The molecule has 1 aromatic carbocycles. The number of nitrogens with one attached hydrogen (secondary N) is 1. The molecule has 0 fully saturated rings. The Labute approximate surface area is 129 Å². The summed E-state index contributed by atoms with van der Waals surface area (Å²) in [5.41, 5.74) is 4.78. The van der Waals surface area contributed by atoms with Gasteiger partial charge in [0, 0.05) is 29.6 Å². The number of hydrogen-bond donors (Lipinski definition) is 1. The fourth-order valence-corrected chi connectivity index (χ4v) is 2.28. The number of fused-ring (bicyclic) bond motifs is 1. The van der Waals surface area contributed by atoms with Crippen molar-refractivity contribution in [2.45, 2.75) is 20.8 Å². The molecule has 2 aromatic heterocycles. The quantitative estimate of drug-likeness (QED) is 0.796. The van der Waals surface area contributed by atoms with Crippen LogP contribution in [0.15, 0.2) is 48.8 Å². The standard InChI is InChI=1S/C18H19N3O/c1-12(2)18(22)19-15-6-4-5-14(9-15)16-11-21-10-13(3)7-8-17(21)20-16/h4-12H,1-3H3,(H,19,22). The van der Waals surface area contributed by atoms with Gasteiger partial charge in [-0.15, -0.1) is 0 Å². The second-order valence-electron chi connectivity index (χ2n) is 5.82. The molecule has 0 unspecified atom stereocenters. The van der Waals surface area contributed by atoms with Crippen LogP contribution < -0.4 is 5.32 Å².